The zero-order valence-electron chi connectivity index (χ0n) is 15.8. The summed E-state index contributed by atoms with van der Waals surface area (Å²) in [5.74, 6) is -1.18. The Morgan fingerprint density at radius 2 is 1.57 bits per heavy atom. The van der Waals surface area contributed by atoms with Crippen molar-refractivity contribution in [3.8, 4) is 0 Å². The number of rotatable bonds is 6. The molecular formula is C23H26N2O3. The molecule has 5 nitrogen and oxygen atoms in total. The van der Waals surface area contributed by atoms with Crippen molar-refractivity contribution in [2.75, 3.05) is 6.54 Å². The Hall–Kier alpha value is -2.66. The molecule has 0 aromatic heterocycles. The Morgan fingerprint density at radius 1 is 0.964 bits per heavy atom. The molecule has 2 aromatic rings. The van der Waals surface area contributed by atoms with E-state index >= 15 is 0 Å². The van der Waals surface area contributed by atoms with Gasteiger partial charge in [0.25, 0.3) is 0 Å². The summed E-state index contributed by atoms with van der Waals surface area (Å²) in [6.07, 6.45) is 3.20. The maximum atomic E-state index is 12.9. The van der Waals surface area contributed by atoms with Gasteiger partial charge in [0.05, 0.1) is 6.54 Å². The molecule has 3 N–H and O–H groups in total. The Morgan fingerprint density at radius 3 is 2.21 bits per heavy atom. The van der Waals surface area contributed by atoms with Crippen molar-refractivity contribution in [2.24, 2.45) is 17.6 Å². The molecule has 2 aromatic carbocycles. The van der Waals surface area contributed by atoms with Gasteiger partial charge in [0.2, 0.25) is 11.8 Å². The number of carbonyl (C=O) groups excluding carboxylic acids is 2. The van der Waals surface area contributed by atoms with Crippen molar-refractivity contribution >= 4 is 11.8 Å². The molecule has 1 aliphatic carbocycles. The van der Waals surface area contributed by atoms with Crippen LogP contribution >= 0.6 is 0 Å². The van der Waals surface area contributed by atoms with Crippen molar-refractivity contribution in [1.82, 2.24) is 5.32 Å². The third-order valence-electron chi connectivity index (χ3n) is 6.05. The summed E-state index contributed by atoms with van der Waals surface area (Å²) in [5.41, 5.74) is 7.09. The lowest BCUT2D eigenvalue weighted by atomic mass is 9.78. The summed E-state index contributed by atoms with van der Waals surface area (Å²) >= 11 is 0. The molecule has 1 aliphatic heterocycles. The van der Waals surface area contributed by atoms with E-state index in [1.165, 1.54) is 0 Å². The molecule has 1 heterocycles. The zero-order chi connectivity index (χ0) is 19.6. The number of hydrogen-bond donors (Lipinski definition) is 2. The van der Waals surface area contributed by atoms with E-state index in [9.17, 15) is 9.59 Å². The highest BCUT2D eigenvalue weighted by Gasteiger charge is 2.58. The number of epoxide rings is 1. The molecule has 4 unspecified atom stereocenters. The first-order chi connectivity index (χ1) is 13.6. The topological polar surface area (TPSA) is 84.7 Å². The standard InChI is InChI=1S/C23H26N2O3/c24-21(26)18-13-7-8-14-19(18)22(27)25-15-23(17-11-5-2-6-12-17)20(28-23)16-9-3-1-4-10-16/h1-6,9-12,18-20H,7-8,13-15H2,(H2,24,26)(H,25,27). The van der Waals surface area contributed by atoms with E-state index in [0.29, 0.717) is 19.4 Å². The molecule has 28 heavy (non-hydrogen) atoms. The summed E-state index contributed by atoms with van der Waals surface area (Å²) < 4.78 is 6.18. The van der Waals surface area contributed by atoms with Crippen LogP contribution in [0.25, 0.3) is 0 Å². The molecule has 2 amide bonds. The van der Waals surface area contributed by atoms with Gasteiger partial charge in [-0.1, -0.05) is 73.5 Å². The maximum Gasteiger partial charge on any atom is 0.224 e. The molecule has 1 saturated heterocycles. The predicted octanol–water partition coefficient (Wildman–Crippen LogP) is 3.06. The summed E-state index contributed by atoms with van der Waals surface area (Å²) in [6, 6.07) is 20.0. The molecule has 5 heteroatoms. The first kappa shape index (κ1) is 18.7. The number of carbonyl (C=O) groups is 2. The van der Waals surface area contributed by atoms with E-state index in [1.54, 1.807) is 0 Å². The Kier molecular flexibility index (Phi) is 5.18. The predicted molar refractivity (Wildman–Crippen MR) is 106 cm³/mol. The normalized spacial score (nSPS) is 29.1. The first-order valence-electron chi connectivity index (χ1n) is 9.97. The second-order valence-corrected chi connectivity index (χ2v) is 7.78. The van der Waals surface area contributed by atoms with Crippen molar-refractivity contribution in [2.45, 2.75) is 37.4 Å². The fourth-order valence-corrected chi connectivity index (χ4v) is 4.45. The van der Waals surface area contributed by atoms with Crippen LogP contribution in [0.2, 0.25) is 0 Å². The van der Waals surface area contributed by atoms with Gasteiger partial charge in [0.1, 0.15) is 11.7 Å². The number of nitrogens with one attached hydrogen (secondary N) is 1. The lowest BCUT2D eigenvalue weighted by Gasteiger charge is -2.28. The van der Waals surface area contributed by atoms with Gasteiger partial charge < -0.3 is 15.8 Å². The van der Waals surface area contributed by atoms with Gasteiger partial charge in [-0.15, -0.1) is 0 Å². The van der Waals surface area contributed by atoms with Crippen molar-refractivity contribution in [1.29, 1.82) is 0 Å². The van der Waals surface area contributed by atoms with E-state index in [2.05, 4.69) is 5.32 Å². The van der Waals surface area contributed by atoms with Crippen LogP contribution in [-0.4, -0.2) is 18.4 Å². The summed E-state index contributed by atoms with van der Waals surface area (Å²) in [7, 11) is 0. The van der Waals surface area contributed by atoms with E-state index < -0.39 is 5.60 Å². The molecular weight excluding hydrogens is 352 g/mol. The average molecular weight is 378 g/mol. The van der Waals surface area contributed by atoms with Crippen molar-refractivity contribution < 1.29 is 14.3 Å². The smallest absolute Gasteiger partial charge is 0.224 e. The Balaban J connectivity index is 1.51. The number of ether oxygens (including phenoxy) is 1. The van der Waals surface area contributed by atoms with Gasteiger partial charge in [-0.05, 0) is 24.0 Å². The highest BCUT2D eigenvalue weighted by molar-refractivity contribution is 5.87. The second kappa shape index (κ2) is 7.76. The summed E-state index contributed by atoms with van der Waals surface area (Å²) in [4.78, 5) is 24.6. The van der Waals surface area contributed by atoms with Crippen LogP contribution in [0, 0.1) is 11.8 Å². The molecule has 0 spiro atoms. The van der Waals surface area contributed by atoms with E-state index in [-0.39, 0.29) is 29.8 Å². The van der Waals surface area contributed by atoms with Gasteiger partial charge in [-0.2, -0.15) is 0 Å². The molecule has 4 rings (SSSR count). The van der Waals surface area contributed by atoms with E-state index in [1.807, 2.05) is 60.7 Å². The van der Waals surface area contributed by atoms with E-state index in [4.69, 9.17) is 10.5 Å². The van der Waals surface area contributed by atoms with Gasteiger partial charge in [-0.25, -0.2) is 0 Å². The third kappa shape index (κ3) is 3.54. The lowest BCUT2D eigenvalue weighted by molar-refractivity contribution is -0.135. The van der Waals surface area contributed by atoms with Crippen LogP contribution in [0.1, 0.15) is 42.9 Å². The van der Waals surface area contributed by atoms with Crippen molar-refractivity contribution in [3.05, 3.63) is 71.8 Å². The first-order valence-corrected chi connectivity index (χ1v) is 9.97. The number of primary amides is 1. The van der Waals surface area contributed by atoms with Gasteiger partial charge in [0, 0.05) is 11.8 Å². The lowest BCUT2D eigenvalue weighted by Crippen LogP contribution is -2.44. The monoisotopic (exact) mass is 378 g/mol. The Labute approximate surface area is 165 Å². The molecule has 1 saturated carbocycles. The average Bonchev–Trinajstić information content (AvgIpc) is 3.49. The van der Waals surface area contributed by atoms with Crippen molar-refractivity contribution in [3.63, 3.8) is 0 Å². The largest absolute Gasteiger partial charge is 0.369 e. The number of amides is 2. The Bertz CT molecular complexity index is 839. The van der Waals surface area contributed by atoms with Crippen LogP contribution in [0.3, 0.4) is 0 Å². The third-order valence-corrected chi connectivity index (χ3v) is 6.05. The number of nitrogens with two attached hydrogens (primary N) is 1. The van der Waals surface area contributed by atoms with Crippen LogP contribution in [0.5, 0.6) is 0 Å². The van der Waals surface area contributed by atoms with Crippen LogP contribution in [-0.2, 0) is 19.9 Å². The second-order valence-electron chi connectivity index (χ2n) is 7.78. The summed E-state index contributed by atoms with van der Waals surface area (Å²) in [6.45, 7) is 0.372. The zero-order valence-corrected chi connectivity index (χ0v) is 15.8. The van der Waals surface area contributed by atoms with Gasteiger partial charge in [0.15, 0.2) is 0 Å². The minimum Gasteiger partial charge on any atom is -0.369 e. The van der Waals surface area contributed by atoms with Crippen LogP contribution < -0.4 is 11.1 Å². The molecule has 0 radical (unpaired) electrons. The molecule has 2 fully saturated rings. The molecule has 0 bridgehead atoms. The number of hydrogen-bond acceptors (Lipinski definition) is 3. The van der Waals surface area contributed by atoms with Gasteiger partial charge >= 0.3 is 0 Å². The van der Waals surface area contributed by atoms with E-state index in [0.717, 1.165) is 24.0 Å². The van der Waals surface area contributed by atoms with Crippen LogP contribution in [0.15, 0.2) is 60.7 Å². The fourth-order valence-electron chi connectivity index (χ4n) is 4.45. The minimum atomic E-state index is -0.574. The van der Waals surface area contributed by atoms with Crippen LogP contribution in [0.4, 0.5) is 0 Å². The highest BCUT2D eigenvalue weighted by atomic mass is 16.6. The minimum absolute atomic E-state index is 0.0962. The molecule has 146 valence electrons. The molecule has 2 aliphatic rings. The number of benzene rings is 2. The fraction of sp³-hybridized carbons (Fsp3) is 0.391. The highest BCUT2D eigenvalue weighted by Crippen LogP contribution is 2.56. The maximum absolute atomic E-state index is 12.9. The SMILES string of the molecule is NC(=O)C1CCCCC1C(=O)NCC1(c2ccccc2)OC1c1ccccc1. The molecule has 4 atom stereocenters. The quantitative estimate of drug-likeness (QED) is 0.758. The van der Waals surface area contributed by atoms with Gasteiger partial charge in [-0.3, -0.25) is 9.59 Å². The summed E-state index contributed by atoms with van der Waals surface area (Å²) in [5, 5.41) is 3.07.